The fourth-order valence-corrected chi connectivity index (χ4v) is 3.38. The van der Waals surface area contributed by atoms with Crippen LogP contribution in [0.15, 0.2) is 39.4 Å². The van der Waals surface area contributed by atoms with E-state index in [9.17, 15) is 4.79 Å². The summed E-state index contributed by atoms with van der Waals surface area (Å²) < 4.78 is 6.10. The number of rotatable bonds is 1. The number of halogens is 1. The van der Waals surface area contributed by atoms with Gasteiger partial charge < -0.3 is 14.3 Å². The molecule has 5 heteroatoms. The van der Waals surface area contributed by atoms with Crippen molar-refractivity contribution in [2.75, 3.05) is 6.54 Å². The molecule has 0 radical (unpaired) electrons. The van der Waals surface area contributed by atoms with Gasteiger partial charge in [-0.1, -0.05) is 11.6 Å². The van der Waals surface area contributed by atoms with E-state index < -0.39 is 0 Å². The maximum Gasteiger partial charge on any atom is 0.289 e. The van der Waals surface area contributed by atoms with Crippen molar-refractivity contribution < 1.29 is 9.21 Å². The second-order valence-corrected chi connectivity index (χ2v) is 6.65. The van der Waals surface area contributed by atoms with Crippen molar-refractivity contribution in [3.05, 3.63) is 57.6 Å². The number of aromatic amines is 1. The Labute approximate surface area is 136 Å². The van der Waals surface area contributed by atoms with E-state index in [2.05, 4.69) is 46.0 Å². The first-order chi connectivity index (χ1) is 10.6. The number of carbonyl (C=O) groups is 1. The van der Waals surface area contributed by atoms with Crippen LogP contribution >= 0.6 is 15.9 Å². The number of amides is 1. The third-order valence-corrected chi connectivity index (χ3v) is 4.61. The van der Waals surface area contributed by atoms with Gasteiger partial charge in [-0.3, -0.25) is 4.79 Å². The van der Waals surface area contributed by atoms with Crippen LogP contribution in [-0.4, -0.2) is 22.3 Å². The minimum atomic E-state index is -0.0571. The van der Waals surface area contributed by atoms with Crippen LogP contribution in [0.2, 0.25) is 0 Å². The predicted octanol–water partition coefficient (Wildman–Crippen LogP) is 4.03. The number of benzene rings is 1. The third kappa shape index (κ3) is 2.16. The SMILES string of the molecule is Cc1ccc2[nH]c3c(c2c1)CN(C(=O)c1cc(Br)co1)CC3. The molecular weight excluding hydrogens is 344 g/mol. The van der Waals surface area contributed by atoms with E-state index in [1.807, 2.05) is 4.90 Å². The van der Waals surface area contributed by atoms with E-state index in [1.54, 1.807) is 6.07 Å². The lowest BCUT2D eigenvalue weighted by atomic mass is 10.0. The topological polar surface area (TPSA) is 49.2 Å². The number of aromatic nitrogens is 1. The van der Waals surface area contributed by atoms with Crippen LogP contribution in [-0.2, 0) is 13.0 Å². The molecule has 0 saturated heterocycles. The zero-order valence-electron chi connectivity index (χ0n) is 12.1. The highest BCUT2D eigenvalue weighted by atomic mass is 79.9. The molecule has 0 fully saturated rings. The van der Waals surface area contributed by atoms with E-state index in [4.69, 9.17) is 4.42 Å². The number of nitrogens with one attached hydrogen (secondary N) is 1. The molecule has 1 N–H and O–H groups in total. The zero-order valence-corrected chi connectivity index (χ0v) is 13.7. The van der Waals surface area contributed by atoms with Crippen molar-refractivity contribution in [1.29, 1.82) is 0 Å². The second-order valence-electron chi connectivity index (χ2n) is 5.74. The normalized spacial score (nSPS) is 14.4. The summed E-state index contributed by atoms with van der Waals surface area (Å²) in [4.78, 5) is 17.9. The number of hydrogen-bond donors (Lipinski definition) is 1. The van der Waals surface area contributed by atoms with Gasteiger partial charge in [0.25, 0.3) is 5.91 Å². The van der Waals surface area contributed by atoms with Crippen LogP contribution in [0.1, 0.15) is 27.4 Å². The lowest BCUT2D eigenvalue weighted by Gasteiger charge is -2.26. The van der Waals surface area contributed by atoms with Crippen molar-refractivity contribution in [3.63, 3.8) is 0 Å². The first-order valence-corrected chi connectivity index (χ1v) is 8.04. The largest absolute Gasteiger partial charge is 0.458 e. The molecule has 2 aromatic heterocycles. The zero-order chi connectivity index (χ0) is 15.3. The maximum atomic E-state index is 12.5. The number of hydrogen-bond acceptors (Lipinski definition) is 2. The van der Waals surface area contributed by atoms with Crippen LogP contribution in [0.5, 0.6) is 0 Å². The van der Waals surface area contributed by atoms with Gasteiger partial charge in [-0.15, -0.1) is 0 Å². The van der Waals surface area contributed by atoms with Crippen LogP contribution < -0.4 is 0 Å². The maximum absolute atomic E-state index is 12.5. The van der Waals surface area contributed by atoms with E-state index in [0.717, 1.165) is 16.4 Å². The number of H-pyrrole nitrogens is 1. The van der Waals surface area contributed by atoms with Gasteiger partial charge in [-0.05, 0) is 35.0 Å². The summed E-state index contributed by atoms with van der Waals surface area (Å²) in [7, 11) is 0. The molecule has 4 nitrogen and oxygen atoms in total. The molecule has 0 bridgehead atoms. The molecule has 1 aliphatic heterocycles. The molecule has 1 amide bonds. The lowest BCUT2D eigenvalue weighted by molar-refractivity contribution is 0.0703. The molecule has 22 heavy (non-hydrogen) atoms. The Kier molecular flexibility index (Phi) is 3.11. The van der Waals surface area contributed by atoms with Crippen molar-refractivity contribution in [2.24, 2.45) is 0 Å². The summed E-state index contributed by atoms with van der Waals surface area (Å²) in [6.45, 7) is 3.41. The molecule has 0 unspecified atom stereocenters. The molecule has 0 atom stereocenters. The van der Waals surface area contributed by atoms with Gasteiger partial charge in [-0.2, -0.15) is 0 Å². The molecule has 0 spiro atoms. The average molecular weight is 359 g/mol. The number of carbonyl (C=O) groups excluding carboxylic acids is 1. The van der Waals surface area contributed by atoms with E-state index >= 15 is 0 Å². The molecule has 1 aromatic carbocycles. The lowest BCUT2D eigenvalue weighted by Crippen LogP contribution is -2.35. The van der Waals surface area contributed by atoms with Crippen LogP contribution in [0.4, 0.5) is 0 Å². The van der Waals surface area contributed by atoms with Gasteiger partial charge >= 0.3 is 0 Å². The molecule has 4 rings (SSSR count). The van der Waals surface area contributed by atoms with Gasteiger partial charge in [0.05, 0.1) is 4.47 Å². The van der Waals surface area contributed by atoms with Gasteiger partial charge in [0, 0.05) is 47.7 Å². The smallest absolute Gasteiger partial charge is 0.289 e. The fourth-order valence-electron chi connectivity index (χ4n) is 3.08. The summed E-state index contributed by atoms with van der Waals surface area (Å²) in [6.07, 6.45) is 2.38. The van der Waals surface area contributed by atoms with Gasteiger partial charge in [0.1, 0.15) is 6.26 Å². The van der Waals surface area contributed by atoms with Crippen molar-refractivity contribution in [2.45, 2.75) is 19.9 Å². The van der Waals surface area contributed by atoms with E-state index in [1.165, 1.54) is 28.5 Å². The van der Waals surface area contributed by atoms with Gasteiger partial charge in [0.15, 0.2) is 5.76 Å². The van der Waals surface area contributed by atoms with Crippen LogP contribution in [0.3, 0.4) is 0 Å². The van der Waals surface area contributed by atoms with Crippen molar-refractivity contribution in [1.82, 2.24) is 9.88 Å². The Bertz CT molecular complexity index is 878. The molecule has 1 aliphatic rings. The highest BCUT2D eigenvalue weighted by molar-refractivity contribution is 9.10. The Morgan fingerprint density at radius 3 is 3.00 bits per heavy atom. The predicted molar refractivity (Wildman–Crippen MR) is 87.9 cm³/mol. The van der Waals surface area contributed by atoms with E-state index in [-0.39, 0.29) is 5.91 Å². The van der Waals surface area contributed by atoms with E-state index in [0.29, 0.717) is 18.8 Å². The number of aryl methyl sites for hydroxylation is 1. The number of fused-ring (bicyclic) bond motifs is 3. The summed E-state index contributed by atoms with van der Waals surface area (Å²) in [6, 6.07) is 8.12. The average Bonchev–Trinajstić information content (AvgIpc) is 3.09. The Hall–Kier alpha value is -2.01. The summed E-state index contributed by atoms with van der Waals surface area (Å²) in [5, 5.41) is 1.22. The highest BCUT2D eigenvalue weighted by Crippen LogP contribution is 2.29. The third-order valence-electron chi connectivity index (χ3n) is 4.20. The van der Waals surface area contributed by atoms with Gasteiger partial charge in [-0.25, -0.2) is 0 Å². The Morgan fingerprint density at radius 2 is 2.23 bits per heavy atom. The Morgan fingerprint density at radius 1 is 1.36 bits per heavy atom. The fraction of sp³-hybridized carbons (Fsp3) is 0.235. The standard InChI is InChI=1S/C17H15BrN2O2/c1-10-2-3-14-12(6-10)13-8-20(5-4-15(13)19-14)17(21)16-7-11(18)9-22-16/h2-3,6-7,9,19H,4-5,8H2,1H3. The van der Waals surface area contributed by atoms with Crippen LogP contribution in [0.25, 0.3) is 10.9 Å². The molecule has 112 valence electrons. The van der Waals surface area contributed by atoms with Crippen LogP contribution in [0, 0.1) is 6.92 Å². The number of nitrogens with zero attached hydrogens (tertiary/aromatic N) is 1. The summed E-state index contributed by atoms with van der Waals surface area (Å²) in [5.41, 5.74) is 4.84. The summed E-state index contributed by atoms with van der Waals surface area (Å²) in [5.74, 6) is 0.324. The number of furan rings is 1. The van der Waals surface area contributed by atoms with Crippen molar-refractivity contribution >= 4 is 32.7 Å². The van der Waals surface area contributed by atoms with Gasteiger partial charge in [0.2, 0.25) is 0 Å². The minimum Gasteiger partial charge on any atom is -0.458 e. The second kappa shape index (κ2) is 5.02. The monoisotopic (exact) mass is 358 g/mol. The summed E-state index contributed by atoms with van der Waals surface area (Å²) >= 11 is 3.32. The minimum absolute atomic E-state index is 0.0571. The molecule has 0 aliphatic carbocycles. The molecule has 0 saturated carbocycles. The quantitative estimate of drug-likeness (QED) is 0.713. The molecular formula is C17H15BrN2O2. The first kappa shape index (κ1) is 13.6. The van der Waals surface area contributed by atoms with Crippen molar-refractivity contribution in [3.8, 4) is 0 Å². The first-order valence-electron chi connectivity index (χ1n) is 7.25. The highest BCUT2D eigenvalue weighted by Gasteiger charge is 2.26. The Balaban J connectivity index is 1.70. The molecule has 3 aromatic rings. The molecule has 3 heterocycles.